The maximum Gasteiger partial charge on any atom is 0.407 e. The number of unbranched alkanes of at least 4 members (excludes halogenated alkanes) is 1. The van der Waals surface area contributed by atoms with Crippen LogP contribution in [-0.2, 0) is 43.1 Å². The smallest absolute Gasteiger partial charge is 0.407 e. The molecule has 4 N–H and O–H groups in total. The fraction of sp³-hybridized carbons (Fsp3) is 0.652. The molecule has 4 saturated heterocycles. The molecule has 60 heavy (non-hydrogen) atoms. The molecule has 4 heterocycles. The first-order valence-corrected chi connectivity index (χ1v) is 21.9. The summed E-state index contributed by atoms with van der Waals surface area (Å²) in [5, 5.41) is 5.66. The van der Waals surface area contributed by atoms with Crippen LogP contribution in [0.4, 0.5) is 4.79 Å². The largest absolute Gasteiger partial charge is 0.459 e. The van der Waals surface area contributed by atoms with Crippen molar-refractivity contribution in [2.75, 3.05) is 32.8 Å². The highest BCUT2D eigenvalue weighted by Gasteiger charge is 2.69. The average Bonchev–Trinajstić information content (AvgIpc) is 3.34. The Bertz CT molecular complexity index is 1840. The number of amides is 3. The number of ether oxygens (including phenoxy) is 4. The van der Waals surface area contributed by atoms with Gasteiger partial charge in [-0.15, -0.1) is 0 Å². The third-order valence-corrected chi connectivity index (χ3v) is 13.3. The normalized spacial score (nSPS) is 29.6. The van der Waals surface area contributed by atoms with Crippen molar-refractivity contribution in [3.63, 3.8) is 0 Å². The van der Waals surface area contributed by atoms with Crippen molar-refractivity contribution in [3.8, 4) is 11.1 Å². The van der Waals surface area contributed by atoms with Crippen LogP contribution in [0.3, 0.4) is 0 Å². The molecule has 2 aliphatic carbocycles. The number of hydrogen-bond acceptors (Lipinski definition) is 11. The van der Waals surface area contributed by atoms with Crippen molar-refractivity contribution in [2.24, 2.45) is 29.4 Å². The summed E-state index contributed by atoms with van der Waals surface area (Å²) in [5.41, 5.74) is 8.64. The van der Waals surface area contributed by atoms with Crippen molar-refractivity contribution in [1.82, 2.24) is 15.5 Å². The van der Waals surface area contributed by atoms with Gasteiger partial charge >= 0.3 is 12.1 Å². The van der Waals surface area contributed by atoms with Gasteiger partial charge in [0.25, 0.3) is 0 Å². The van der Waals surface area contributed by atoms with E-state index in [1.54, 1.807) is 20.8 Å². The van der Waals surface area contributed by atoms with Gasteiger partial charge in [0.1, 0.15) is 24.8 Å². The van der Waals surface area contributed by atoms with Crippen LogP contribution in [0, 0.1) is 23.7 Å². The van der Waals surface area contributed by atoms with Crippen molar-refractivity contribution < 1.29 is 47.9 Å². The van der Waals surface area contributed by atoms with Crippen molar-refractivity contribution >= 4 is 23.9 Å². The van der Waals surface area contributed by atoms with E-state index in [1.165, 1.54) is 4.90 Å². The maximum atomic E-state index is 14.2. The molecule has 0 aromatic heterocycles. The number of hydrogen-bond donors (Lipinski definition) is 3. The monoisotopic (exact) mass is 832 g/mol. The number of esters is 1. The van der Waals surface area contributed by atoms with Gasteiger partial charge in [-0.2, -0.15) is 0 Å². The maximum absolute atomic E-state index is 14.2. The Kier molecular flexibility index (Phi) is 13.3. The second-order valence-corrected chi connectivity index (χ2v) is 18.6. The van der Waals surface area contributed by atoms with Crippen molar-refractivity contribution in [2.45, 2.75) is 134 Å². The number of carbonyl (C=O) groups is 4. The van der Waals surface area contributed by atoms with E-state index in [0.29, 0.717) is 38.1 Å². The molecule has 6 aliphatic rings. The summed E-state index contributed by atoms with van der Waals surface area (Å²) in [4.78, 5) is 68.0. The van der Waals surface area contributed by atoms with Crippen LogP contribution in [-0.4, -0.2) is 97.0 Å². The molecular weight excluding hydrogens is 769 g/mol. The van der Waals surface area contributed by atoms with Gasteiger partial charge in [0, 0.05) is 31.3 Å². The minimum Gasteiger partial charge on any atom is -0.459 e. The van der Waals surface area contributed by atoms with Crippen LogP contribution < -0.4 is 16.4 Å². The van der Waals surface area contributed by atoms with Crippen LogP contribution >= 0.6 is 0 Å². The lowest BCUT2D eigenvalue weighted by Crippen LogP contribution is -2.70. The van der Waals surface area contributed by atoms with E-state index in [9.17, 15) is 19.2 Å². The minimum atomic E-state index is -0.949. The molecule has 0 radical (unpaired) electrons. The fourth-order valence-corrected chi connectivity index (χ4v) is 10.3. The van der Waals surface area contributed by atoms with E-state index in [2.05, 4.69) is 36.6 Å². The number of fused-ring (bicyclic) bond motifs is 5. The van der Waals surface area contributed by atoms with E-state index in [1.807, 2.05) is 43.3 Å². The van der Waals surface area contributed by atoms with Crippen molar-refractivity contribution in [3.05, 3.63) is 59.7 Å². The summed E-state index contributed by atoms with van der Waals surface area (Å²) < 4.78 is 24.6. The van der Waals surface area contributed by atoms with Crippen LogP contribution in [0.2, 0.25) is 0 Å². The lowest BCUT2D eigenvalue weighted by atomic mass is 9.57. The molecule has 2 bridgehead atoms. The summed E-state index contributed by atoms with van der Waals surface area (Å²) in [7, 11) is 0. The molecule has 5 fully saturated rings. The molecule has 2 aromatic carbocycles. The predicted octanol–water partition coefficient (Wildman–Crippen LogP) is 5.95. The van der Waals surface area contributed by atoms with E-state index in [-0.39, 0.29) is 62.2 Å². The molecule has 328 valence electrons. The molecule has 14 heteroatoms. The summed E-state index contributed by atoms with van der Waals surface area (Å²) in [6.07, 6.45) is 3.17. The van der Waals surface area contributed by atoms with Gasteiger partial charge in [0.2, 0.25) is 17.6 Å². The Hall–Kier alpha value is -4.08. The van der Waals surface area contributed by atoms with E-state index < -0.39 is 53.4 Å². The third-order valence-electron chi connectivity index (χ3n) is 13.3. The highest BCUT2D eigenvalue weighted by atomic mass is 17.3. The molecule has 8 rings (SSSR count). The van der Waals surface area contributed by atoms with Crippen LogP contribution in [0.25, 0.3) is 11.1 Å². The Morgan fingerprint density at radius 1 is 0.950 bits per heavy atom. The topological polar surface area (TPSA) is 177 Å². The lowest BCUT2D eigenvalue weighted by Gasteiger charge is -2.60. The van der Waals surface area contributed by atoms with Gasteiger partial charge in [0.15, 0.2) is 11.9 Å². The zero-order valence-corrected chi connectivity index (χ0v) is 36.0. The molecule has 9 atom stereocenters. The van der Waals surface area contributed by atoms with E-state index >= 15 is 0 Å². The van der Waals surface area contributed by atoms with Gasteiger partial charge in [-0.25, -0.2) is 14.6 Å². The van der Waals surface area contributed by atoms with Gasteiger partial charge in [-0.3, -0.25) is 14.4 Å². The summed E-state index contributed by atoms with van der Waals surface area (Å²) in [6.45, 7) is 11.8. The molecule has 3 amide bonds. The first-order valence-electron chi connectivity index (χ1n) is 21.9. The number of carbonyl (C=O) groups excluding carboxylic acids is 4. The lowest BCUT2D eigenvalue weighted by molar-refractivity contribution is -0.570. The number of alkyl carbamates (subject to hydrolysis) is 1. The SMILES string of the molecule is C[C@@H]1CCC2[C@@H](C)[C@@H](CC(=O)N(CCNC(=O)[C@H](CCCCN)NC(=O)OCC3c4ccccc4-c4ccccc43)CC(=O)OC(C)(C)C)O[C@@H]3O[C@]4(C)CCC1[C@@]23OO4. The molecular formula is C46H64N4O10. The number of benzene rings is 2. The van der Waals surface area contributed by atoms with Gasteiger partial charge in [-0.05, 0) is 113 Å². The highest BCUT2D eigenvalue weighted by molar-refractivity contribution is 5.86. The zero-order chi connectivity index (χ0) is 42.8. The molecule has 1 saturated carbocycles. The molecule has 2 unspecified atom stereocenters. The van der Waals surface area contributed by atoms with Crippen LogP contribution in [0.15, 0.2) is 48.5 Å². The second kappa shape index (κ2) is 18.1. The molecule has 1 spiro atoms. The number of rotatable bonds is 15. The Labute approximate surface area is 353 Å². The molecule has 4 aliphatic heterocycles. The Morgan fingerprint density at radius 2 is 1.65 bits per heavy atom. The Balaban J connectivity index is 0.991. The standard InChI is InChI=1S/C46H64N4O10/c1-28-18-19-36-29(2)38(56-42-46(36)35(28)20-21-45(6,58-42)59-60-46)25-39(51)50(26-40(52)57-44(3,4)5)24-23-48-41(53)37(17-11-12-22-47)49-43(54)55-27-34-32-15-9-7-13-30(32)31-14-8-10-16-33(31)34/h7-10,13-16,28-29,34-38,42H,11-12,17-27,47H2,1-6H3,(H,48,53)(H,49,54)/t28-,29-,35?,36?,37+,38-,42-,45+,46-/m1/s1. The third kappa shape index (κ3) is 9.23. The van der Waals surface area contributed by atoms with Crippen molar-refractivity contribution in [1.29, 1.82) is 0 Å². The summed E-state index contributed by atoms with van der Waals surface area (Å²) in [5.74, 6) is -1.84. The first kappa shape index (κ1) is 44.0. The molecule has 2 aromatic rings. The highest BCUT2D eigenvalue weighted by Crippen LogP contribution is 2.60. The van der Waals surface area contributed by atoms with Gasteiger partial charge < -0.3 is 40.2 Å². The van der Waals surface area contributed by atoms with E-state index in [4.69, 9.17) is 34.5 Å². The van der Waals surface area contributed by atoms with Crippen LogP contribution in [0.5, 0.6) is 0 Å². The summed E-state index contributed by atoms with van der Waals surface area (Å²) in [6, 6.07) is 15.3. The number of nitrogens with one attached hydrogen (secondary N) is 2. The van der Waals surface area contributed by atoms with Gasteiger partial charge in [-0.1, -0.05) is 62.4 Å². The average molecular weight is 833 g/mol. The first-order chi connectivity index (χ1) is 28.6. The van der Waals surface area contributed by atoms with E-state index in [0.717, 1.165) is 41.5 Å². The van der Waals surface area contributed by atoms with Crippen LogP contribution in [0.1, 0.15) is 110 Å². The predicted molar refractivity (Wildman–Crippen MR) is 222 cm³/mol. The number of nitrogens with zero attached hydrogens (tertiary/aromatic N) is 1. The van der Waals surface area contributed by atoms with Gasteiger partial charge in [0.05, 0.1) is 12.5 Å². The molecule has 14 nitrogen and oxygen atoms in total. The summed E-state index contributed by atoms with van der Waals surface area (Å²) >= 11 is 0. The quantitative estimate of drug-likeness (QED) is 0.110. The zero-order valence-electron chi connectivity index (χ0n) is 36.0. The second-order valence-electron chi connectivity index (χ2n) is 18.6. The minimum absolute atomic E-state index is 0.00675. The Morgan fingerprint density at radius 3 is 2.33 bits per heavy atom. The fourth-order valence-electron chi connectivity index (χ4n) is 10.3. The number of nitrogens with two attached hydrogens (primary N) is 1.